The third-order valence-electron chi connectivity index (χ3n) is 3.67. The van der Waals surface area contributed by atoms with Gasteiger partial charge in [0.2, 0.25) is 0 Å². The molecule has 1 unspecified atom stereocenters. The molecule has 6 nitrogen and oxygen atoms in total. The third kappa shape index (κ3) is 3.68. The Hall–Kier alpha value is -2.41. The van der Waals surface area contributed by atoms with Gasteiger partial charge in [-0.1, -0.05) is 0 Å². The van der Waals surface area contributed by atoms with Gasteiger partial charge in [-0.25, -0.2) is 9.18 Å². The Balaban J connectivity index is 1.58. The average Bonchev–Trinajstić information content (AvgIpc) is 3.00. The van der Waals surface area contributed by atoms with Gasteiger partial charge in [0.05, 0.1) is 25.4 Å². The molecule has 3 heterocycles. The van der Waals surface area contributed by atoms with Crippen molar-refractivity contribution in [2.45, 2.75) is 19.6 Å². The summed E-state index contributed by atoms with van der Waals surface area (Å²) in [6.45, 7) is 3.21. The summed E-state index contributed by atoms with van der Waals surface area (Å²) in [7, 11) is 0. The van der Waals surface area contributed by atoms with Crippen LogP contribution in [0.25, 0.3) is 0 Å². The van der Waals surface area contributed by atoms with Gasteiger partial charge in [0, 0.05) is 12.7 Å². The van der Waals surface area contributed by atoms with E-state index in [1.165, 1.54) is 18.3 Å². The summed E-state index contributed by atoms with van der Waals surface area (Å²) in [4.78, 5) is 17.8. The molecule has 0 saturated carbocycles. The Bertz CT molecular complexity index is 689. The number of halogens is 1. The van der Waals surface area contributed by atoms with Crippen LogP contribution in [0.5, 0.6) is 0 Å². The lowest BCUT2D eigenvalue weighted by atomic mass is 10.2. The van der Waals surface area contributed by atoms with E-state index in [1.807, 2.05) is 19.1 Å². The van der Waals surface area contributed by atoms with Crippen LogP contribution in [-0.2, 0) is 11.3 Å². The molecule has 3 rings (SSSR count). The number of morpholine rings is 1. The van der Waals surface area contributed by atoms with Gasteiger partial charge in [-0.15, -0.1) is 0 Å². The van der Waals surface area contributed by atoms with Crippen LogP contribution in [-0.4, -0.2) is 35.6 Å². The number of carbonyl (C=O) groups excluding carboxylic acids is 1. The molecule has 2 aromatic heterocycles. The Morgan fingerprint density at radius 3 is 3.09 bits per heavy atom. The molecule has 0 radical (unpaired) electrons. The summed E-state index contributed by atoms with van der Waals surface area (Å²) in [5.74, 6) is 1.07. The highest BCUT2D eigenvalue weighted by atomic mass is 19.1. The molecule has 122 valence electrons. The number of aryl methyl sites for hydroxylation is 1. The second kappa shape index (κ2) is 6.78. The summed E-state index contributed by atoms with van der Waals surface area (Å²) in [5.41, 5.74) is 0.215. The highest BCUT2D eigenvalue weighted by molar-refractivity contribution is 5.74. The number of hydrogen-bond acceptors (Lipinski definition) is 4. The summed E-state index contributed by atoms with van der Waals surface area (Å²) in [5, 5.41) is 2.69. The highest BCUT2D eigenvalue weighted by Crippen LogP contribution is 2.24. The molecule has 1 N–H and O–H groups in total. The molecule has 0 aliphatic carbocycles. The minimum atomic E-state index is -0.432. The molecule has 1 saturated heterocycles. The van der Waals surface area contributed by atoms with Crippen LogP contribution in [0.3, 0.4) is 0 Å². The summed E-state index contributed by atoms with van der Waals surface area (Å²) in [6, 6.07) is 6.27. The van der Waals surface area contributed by atoms with E-state index in [-0.39, 0.29) is 24.4 Å². The predicted molar refractivity (Wildman–Crippen MR) is 80.1 cm³/mol. The molecule has 1 aliphatic heterocycles. The number of ether oxygens (including phenoxy) is 1. The van der Waals surface area contributed by atoms with Crippen LogP contribution in [0.15, 0.2) is 34.9 Å². The van der Waals surface area contributed by atoms with Gasteiger partial charge >= 0.3 is 6.03 Å². The molecule has 2 aromatic rings. The van der Waals surface area contributed by atoms with Crippen molar-refractivity contribution in [3.63, 3.8) is 0 Å². The maximum absolute atomic E-state index is 13.5. The van der Waals surface area contributed by atoms with Crippen LogP contribution >= 0.6 is 0 Å². The number of urea groups is 1. The second-order valence-electron chi connectivity index (χ2n) is 5.34. The molecule has 0 aromatic carbocycles. The minimum Gasteiger partial charge on any atom is -0.464 e. The molecule has 7 heteroatoms. The van der Waals surface area contributed by atoms with Crippen LogP contribution in [0.2, 0.25) is 0 Å². The van der Waals surface area contributed by atoms with Gasteiger partial charge in [-0.2, -0.15) is 0 Å². The number of nitrogens with zero attached hydrogens (tertiary/aromatic N) is 2. The first-order chi connectivity index (χ1) is 11.1. The van der Waals surface area contributed by atoms with Crippen molar-refractivity contribution in [1.29, 1.82) is 0 Å². The lowest BCUT2D eigenvalue weighted by molar-refractivity contribution is -0.0263. The maximum atomic E-state index is 13.5. The molecule has 1 fully saturated rings. The van der Waals surface area contributed by atoms with E-state index in [4.69, 9.17) is 9.15 Å². The standard InChI is InChI=1S/C16H18FN3O3/c1-11-4-5-14(23-11)15-10-20(7-8-22-15)16(21)19-9-13-12(17)3-2-6-18-13/h2-6,15H,7-10H2,1H3,(H,19,21). The van der Waals surface area contributed by atoms with Gasteiger partial charge in [0.1, 0.15) is 23.4 Å². The Labute approximate surface area is 133 Å². The Morgan fingerprint density at radius 1 is 1.48 bits per heavy atom. The van der Waals surface area contributed by atoms with E-state index in [1.54, 1.807) is 4.90 Å². The Morgan fingerprint density at radius 2 is 2.35 bits per heavy atom. The largest absolute Gasteiger partial charge is 0.464 e. The number of hydrogen-bond donors (Lipinski definition) is 1. The first kappa shape index (κ1) is 15.5. The fourth-order valence-corrected chi connectivity index (χ4v) is 2.45. The highest BCUT2D eigenvalue weighted by Gasteiger charge is 2.27. The van der Waals surface area contributed by atoms with E-state index in [0.717, 1.165) is 5.76 Å². The summed E-state index contributed by atoms with van der Waals surface area (Å²) >= 11 is 0. The zero-order valence-corrected chi connectivity index (χ0v) is 12.8. The van der Waals surface area contributed by atoms with Crippen molar-refractivity contribution < 1.29 is 18.3 Å². The van der Waals surface area contributed by atoms with Crippen molar-refractivity contribution in [3.8, 4) is 0 Å². The van der Waals surface area contributed by atoms with Gasteiger partial charge < -0.3 is 19.4 Å². The molecule has 0 spiro atoms. The summed E-state index contributed by atoms with van der Waals surface area (Å²) in [6.07, 6.45) is 1.21. The molecule has 2 amide bonds. The topological polar surface area (TPSA) is 67.6 Å². The Kier molecular flexibility index (Phi) is 4.57. The summed E-state index contributed by atoms with van der Waals surface area (Å²) < 4.78 is 24.7. The van der Waals surface area contributed by atoms with E-state index in [9.17, 15) is 9.18 Å². The van der Waals surface area contributed by atoms with Crippen LogP contribution in [0.4, 0.5) is 9.18 Å². The quantitative estimate of drug-likeness (QED) is 0.943. The smallest absolute Gasteiger partial charge is 0.317 e. The lowest BCUT2D eigenvalue weighted by Gasteiger charge is -2.32. The first-order valence-corrected chi connectivity index (χ1v) is 7.43. The third-order valence-corrected chi connectivity index (χ3v) is 3.67. The SMILES string of the molecule is Cc1ccc(C2CN(C(=O)NCc3ncccc3F)CCO2)o1. The number of nitrogens with one attached hydrogen (secondary N) is 1. The van der Waals surface area contributed by atoms with Gasteiger partial charge in [-0.05, 0) is 31.2 Å². The van der Waals surface area contributed by atoms with E-state index in [2.05, 4.69) is 10.3 Å². The van der Waals surface area contributed by atoms with Crippen LogP contribution < -0.4 is 5.32 Å². The molecule has 0 bridgehead atoms. The van der Waals surface area contributed by atoms with Crippen LogP contribution in [0.1, 0.15) is 23.3 Å². The molecule has 23 heavy (non-hydrogen) atoms. The zero-order chi connectivity index (χ0) is 16.2. The molecular weight excluding hydrogens is 301 g/mol. The number of pyridine rings is 1. The molecule has 1 aliphatic rings. The number of rotatable bonds is 3. The van der Waals surface area contributed by atoms with Gasteiger partial charge in [0.25, 0.3) is 0 Å². The van der Waals surface area contributed by atoms with E-state index in [0.29, 0.717) is 25.5 Å². The minimum absolute atomic E-state index is 0.0490. The number of furan rings is 1. The molecular formula is C16H18FN3O3. The monoisotopic (exact) mass is 319 g/mol. The zero-order valence-electron chi connectivity index (χ0n) is 12.8. The second-order valence-corrected chi connectivity index (χ2v) is 5.34. The van der Waals surface area contributed by atoms with Crippen molar-refractivity contribution in [3.05, 3.63) is 53.5 Å². The number of amides is 2. The lowest BCUT2D eigenvalue weighted by Crippen LogP contribution is -2.47. The predicted octanol–water partition coefficient (Wildman–Crippen LogP) is 2.41. The van der Waals surface area contributed by atoms with E-state index >= 15 is 0 Å². The maximum Gasteiger partial charge on any atom is 0.317 e. The number of aromatic nitrogens is 1. The molecule has 1 atom stereocenters. The first-order valence-electron chi connectivity index (χ1n) is 7.43. The average molecular weight is 319 g/mol. The van der Waals surface area contributed by atoms with Crippen molar-refractivity contribution in [1.82, 2.24) is 15.2 Å². The van der Waals surface area contributed by atoms with Crippen molar-refractivity contribution in [2.75, 3.05) is 19.7 Å². The van der Waals surface area contributed by atoms with Crippen molar-refractivity contribution >= 4 is 6.03 Å². The van der Waals surface area contributed by atoms with Crippen molar-refractivity contribution in [2.24, 2.45) is 0 Å². The van der Waals surface area contributed by atoms with E-state index < -0.39 is 5.82 Å². The van der Waals surface area contributed by atoms with Crippen LogP contribution in [0, 0.1) is 12.7 Å². The fraction of sp³-hybridized carbons (Fsp3) is 0.375. The van der Waals surface area contributed by atoms with Gasteiger partial charge in [0.15, 0.2) is 0 Å². The number of carbonyl (C=O) groups is 1. The normalized spacial score (nSPS) is 18.0. The fourth-order valence-electron chi connectivity index (χ4n) is 2.45. The van der Waals surface area contributed by atoms with Gasteiger partial charge in [-0.3, -0.25) is 4.98 Å².